The number of anilines is 3. The number of hydrogen-bond acceptors (Lipinski definition) is 7. The lowest BCUT2D eigenvalue weighted by molar-refractivity contribution is 0.262. The number of halogens is 1. The second kappa shape index (κ2) is 10.1. The van der Waals surface area contributed by atoms with E-state index in [9.17, 15) is 17.6 Å². The van der Waals surface area contributed by atoms with Gasteiger partial charge in [-0.15, -0.1) is 0 Å². The van der Waals surface area contributed by atoms with Gasteiger partial charge in [0.05, 0.1) is 22.0 Å². The van der Waals surface area contributed by atoms with Crippen LogP contribution in [0.25, 0.3) is 22.5 Å². The van der Waals surface area contributed by atoms with Gasteiger partial charge in [-0.2, -0.15) is 5.10 Å². The standard InChI is InChI=1S/C24H24FN7O3S/c1-3-32-14-18(22(31-32)20-11-12-27-23(26)29-20)15-5-10-19(25)21(13-15)30-24(33)28-16-6-8-17(9-7-16)36(34,35)4-2/h5-14H,3-4H2,1-2H3,(H2,26,27,29)(H2,28,30,33). The number of nitrogen functional groups attached to an aromatic ring is 1. The Balaban J connectivity index is 1.58. The van der Waals surface area contributed by atoms with Crippen LogP contribution in [0.3, 0.4) is 0 Å². The van der Waals surface area contributed by atoms with Crippen LogP contribution in [0.2, 0.25) is 0 Å². The number of sulfone groups is 1. The molecule has 186 valence electrons. The molecule has 0 atom stereocenters. The van der Waals surface area contributed by atoms with Gasteiger partial charge in [0.25, 0.3) is 0 Å². The van der Waals surface area contributed by atoms with E-state index >= 15 is 0 Å². The van der Waals surface area contributed by atoms with Gasteiger partial charge >= 0.3 is 6.03 Å². The Morgan fingerprint density at radius 1 is 1.08 bits per heavy atom. The summed E-state index contributed by atoms with van der Waals surface area (Å²) in [6, 6.07) is 11.1. The highest BCUT2D eigenvalue weighted by Gasteiger charge is 2.17. The second-order valence-corrected chi connectivity index (χ2v) is 10.0. The van der Waals surface area contributed by atoms with Gasteiger partial charge in [-0.05, 0) is 55.0 Å². The van der Waals surface area contributed by atoms with Crippen LogP contribution in [0, 0.1) is 5.82 Å². The van der Waals surface area contributed by atoms with Crippen LogP contribution in [-0.2, 0) is 16.4 Å². The number of nitrogens with zero attached hydrogens (tertiary/aromatic N) is 4. The highest BCUT2D eigenvalue weighted by Crippen LogP contribution is 2.32. The number of benzene rings is 2. The minimum absolute atomic E-state index is 0.0284. The van der Waals surface area contributed by atoms with Crippen molar-refractivity contribution in [3.63, 3.8) is 0 Å². The number of aryl methyl sites for hydroxylation is 1. The molecule has 2 aromatic carbocycles. The normalized spacial score (nSPS) is 11.3. The smallest absolute Gasteiger partial charge is 0.323 e. The van der Waals surface area contributed by atoms with Gasteiger partial charge in [0, 0.05) is 30.2 Å². The van der Waals surface area contributed by atoms with Gasteiger partial charge in [0.1, 0.15) is 11.5 Å². The maximum Gasteiger partial charge on any atom is 0.323 e. The highest BCUT2D eigenvalue weighted by molar-refractivity contribution is 7.91. The van der Waals surface area contributed by atoms with Crippen LogP contribution in [0.1, 0.15) is 13.8 Å². The number of urea groups is 1. The monoisotopic (exact) mass is 509 g/mol. The van der Waals surface area contributed by atoms with Gasteiger partial charge in [0.2, 0.25) is 5.95 Å². The van der Waals surface area contributed by atoms with Gasteiger partial charge in [-0.3, -0.25) is 4.68 Å². The number of carbonyl (C=O) groups excluding carboxylic acids is 1. The fraction of sp³-hybridized carbons (Fsp3) is 0.167. The summed E-state index contributed by atoms with van der Waals surface area (Å²) in [7, 11) is -3.35. The summed E-state index contributed by atoms with van der Waals surface area (Å²) in [5.74, 6) is -0.559. The van der Waals surface area contributed by atoms with Crippen molar-refractivity contribution >= 4 is 33.2 Å². The second-order valence-electron chi connectivity index (χ2n) is 7.75. The van der Waals surface area contributed by atoms with Crippen molar-refractivity contribution in [1.29, 1.82) is 0 Å². The Labute approximate surface area is 207 Å². The average Bonchev–Trinajstić information content (AvgIpc) is 3.30. The molecule has 0 saturated heterocycles. The molecule has 0 fully saturated rings. The first-order chi connectivity index (χ1) is 17.2. The van der Waals surface area contributed by atoms with E-state index in [4.69, 9.17) is 5.73 Å². The Kier molecular flexibility index (Phi) is 6.97. The molecule has 0 aliphatic carbocycles. The predicted octanol–water partition coefficient (Wildman–Crippen LogP) is 4.19. The van der Waals surface area contributed by atoms with Crippen LogP contribution in [0.4, 0.5) is 26.5 Å². The van der Waals surface area contributed by atoms with Gasteiger partial charge in [-0.1, -0.05) is 13.0 Å². The molecule has 0 spiro atoms. The SMILES string of the molecule is CCn1cc(-c2ccc(F)c(NC(=O)Nc3ccc(S(=O)(=O)CC)cc3)c2)c(-c2ccnc(N)n2)n1. The number of nitrogens with one attached hydrogen (secondary N) is 2. The lowest BCUT2D eigenvalue weighted by Gasteiger charge is -2.11. The minimum Gasteiger partial charge on any atom is -0.368 e. The molecule has 2 aromatic heterocycles. The average molecular weight is 510 g/mol. The Hall–Kier alpha value is -4.32. The molecule has 36 heavy (non-hydrogen) atoms. The van der Waals surface area contributed by atoms with E-state index < -0.39 is 21.7 Å². The minimum atomic E-state index is -3.35. The van der Waals surface area contributed by atoms with Crippen LogP contribution < -0.4 is 16.4 Å². The first-order valence-electron chi connectivity index (χ1n) is 11.1. The molecule has 0 unspecified atom stereocenters. The molecule has 2 amide bonds. The topological polar surface area (TPSA) is 145 Å². The molecule has 4 aromatic rings. The van der Waals surface area contributed by atoms with Crippen LogP contribution in [-0.4, -0.2) is 40.0 Å². The van der Waals surface area contributed by atoms with E-state index in [1.165, 1.54) is 42.6 Å². The fourth-order valence-electron chi connectivity index (χ4n) is 3.47. The zero-order chi connectivity index (χ0) is 25.9. The molecule has 0 aliphatic rings. The largest absolute Gasteiger partial charge is 0.368 e. The van der Waals surface area contributed by atoms with Gasteiger partial charge in [-0.25, -0.2) is 27.6 Å². The number of hydrogen-bond donors (Lipinski definition) is 3. The molecular weight excluding hydrogens is 485 g/mol. The molecule has 4 N–H and O–H groups in total. The van der Waals surface area contributed by atoms with E-state index in [0.29, 0.717) is 34.7 Å². The molecule has 0 aliphatic heterocycles. The van der Waals surface area contributed by atoms with E-state index in [1.54, 1.807) is 29.9 Å². The third-order valence-electron chi connectivity index (χ3n) is 5.38. The molecular formula is C24H24FN7O3S. The van der Waals surface area contributed by atoms with Crippen LogP contribution in [0.15, 0.2) is 65.8 Å². The molecule has 0 bridgehead atoms. The highest BCUT2D eigenvalue weighted by atomic mass is 32.2. The van der Waals surface area contributed by atoms with Gasteiger partial charge in [0.15, 0.2) is 9.84 Å². The summed E-state index contributed by atoms with van der Waals surface area (Å²) < 4.78 is 40.2. The van der Waals surface area contributed by atoms with Crippen molar-refractivity contribution in [2.24, 2.45) is 0 Å². The van der Waals surface area contributed by atoms with E-state index in [0.717, 1.165) is 0 Å². The maximum absolute atomic E-state index is 14.6. The maximum atomic E-state index is 14.6. The van der Waals surface area contributed by atoms with Crippen LogP contribution >= 0.6 is 0 Å². The lowest BCUT2D eigenvalue weighted by atomic mass is 10.0. The number of nitrogens with two attached hydrogens (primary N) is 1. The predicted molar refractivity (Wildman–Crippen MR) is 136 cm³/mol. The van der Waals surface area contributed by atoms with Crippen molar-refractivity contribution in [3.8, 4) is 22.5 Å². The molecule has 0 saturated carbocycles. The van der Waals surface area contributed by atoms with Crippen molar-refractivity contribution in [3.05, 3.63) is 66.7 Å². The first kappa shape index (κ1) is 24.8. The first-order valence-corrected chi connectivity index (χ1v) is 12.7. The summed E-state index contributed by atoms with van der Waals surface area (Å²) in [6.07, 6.45) is 3.33. The molecule has 10 nitrogen and oxygen atoms in total. The lowest BCUT2D eigenvalue weighted by Crippen LogP contribution is -2.20. The zero-order valence-corrected chi connectivity index (χ0v) is 20.4. The third-order valence-corrected chi connectivity index (χ3v) is 7.13. The number of amides is 2. The molecule has 0 radical (unpaired) electrons. The summed E-state index contributed by atoms with van der Waals surface area (Å²) in [6.45, 7) is 4.08. The van der Waals surface area contributed by atoms with Crippen molar-refractivity contribution in [2.75, 3.05) is 22.1 Å². The van der Waals surface area contributed by atoms with Crippen molar-refractivity contribution < 1.29 is 17.6 Å². The number of aromatic nitrogens is 4. The summed E-state index contributed by atoms with van der Waals surface area (Å²) in [4.78, 5) is 20.8. The number of rotatable bonds is 7. The summed E-state index contributed by atoms with van der Waals surface area (Å²) in [5.41, 5.74) is 8.36. The molecule has 2 heterocycles. The quantitative estimate of drug-likeness (QED) is 0.339. The van der Waals surface area contributed by atoms with E-state index in [2.05, 4.69) is 25.7 Å². The van der Waals surface area contributed by atoms with E-state index in [-0.39, 0.29) is 22.3 Å². The Morgan fingerprint density at radius 3 is 2.50 bits per heavy atom. The van der Waals surface area contributed by atoms with Crippen LogP contribution in [0.5, 0.6) is 0 Å². The Bertz CT molecular complexity index is 1520. The van der Waals surface area contributed by atoms with Gasteiger partial charge < -0.3 is 16.4 Å². The summed E-state index contributed by atoms with van der Waals surface area (Å²) >= 11 is 0. The van der Waals surface area contributed by atoms with Crippen molar-refractivity contribution in [2.45, 2.75) is 25.3 Å². The number of carbonyl (C=O) groups is 1. The third kappa shape index (κ3) is 5.33. The summed E-state index contributed by atoms with van der Waals surface area (Å²) in [5, 5.41) is 9.62. The fourth-order valence-corrected chi connectivity index (χ4v) is 4.36. The molecule has 4 rings (SSSR count). The Morgan fingerprint density at radius 2 is 1.83 bits per heavy atom. The molecule has 12 heteroatoms. The van der Waals surface area contributed by atoms with E-state index in [1.807, 2.05) is 6.92 Å². The zero-order valence-electron chi connectivity index (χ0n) is 19.6. The van der Waals surface area contributed by atoms with Crippen molar-refractivity contribution in [1.82, 2.24) is 19.7 Å².